The normalized spacial score (nSPS) is 15.7. The van der Waals surface area contributed by atoms with Gasteiger partial charge in [-0.3, -0.25) is 4.79 Å². The first-order valence-corrected chi connectivity index (χ1v) is 9.46. The Kier molecular flexibility index (Phi) is 6.25. The van der Waals surface area contributed by atoms with Crippen LogP contribution in [-0.4, -0.2) is 54.9 Å². The Bertz CT molecular complexity index is 901. The number of ketones is 1. The van der Waals surface area contributed by atoms with Crippen LogP contribution in [0.25, 0.3) is 0 Å². The topological polar surface area (TPSA) is 109 Å². The van der Waals surface area contributed by atoms with Crippen LogP contribution >= 0.6 is 0 Å². The highest BCUT2D eigenvalue weighted by atomic mass is 16.7. The number of carbonyl (C=O) groups excluding carboxylic acids is 1. The lowest BCUT2D eigenvalue weighted by atomic mass is 9.81. The molecule has 9 nitrogen and oxygen atoms in total. The molecule has 0 atom stereocenters. The summed E-state index contributed by atoms with van der Waals surface area (Å²) < 4.78 is 27.8. The molecule has 2 aromatic rings. The van der Waals surface area contributed by atoms with Crippen molar-refractivity contribution in [2.24, 2.45) is 5.41 Å². The van der Waals surface area contributed by atoms with E-state index < -0.39 is 11.2 Å². The second-order valence-corrected chi connectivity index (χ2v) is 7.53. The van der Waals surface area contributed by atoms with Gasteiger partial charge < -0.3 is 28.8 Å². The molecule has 1 aromatic heterocycles. The number of hydrogen-bond donors (Lipinski definition) is 1. The van der Waals surface area contributed by atoms with E-state index in [0.717, 1.165) is 0 Å². The number of hydrogen-bond acceptors (Lipinski definition) is 9. The first-order chi connectivity index (χ1) is 14.2. The standard InChI is InChI=1S/C21H26N2O7/c1-20(2,12-24)18(25)17-13(21(3)28-9-10-29-21)7-6-8-14(17)30-19-22-15(26-4)11-16(23-19)27-5/h6-8,11,24H,9-10,12H2,1-5H3. The van der Waals surface area contributed by atoms with E-state index >= 15 is 0 Å². The third kappa shape index (κ3) is 4.23. The summed E-state index contributed by atoms with van der Waals surface area (Å²) in [4.78, 5) is 21.8. The van der Waals surface area contributed by atoms with Crippen molar-refractivity contribution in [3.8, 4) is 23.5 Å². The maximum atomic E-state index is 13.4. The van der Waals surface area contributed by atoms with Gasteiger partial charge in [0, 0.05) is 5.56 Å². The van der Waals surface area contributed by atoms with E-state index in [9.17, 15) is 9.90 Å². The zero-order valence-electron chi connectivity index (χ0n) is 17.7. The molecule has 162 valence electrons. The van der Waals surface area contributed by atoms with Crippen molar-refractivity contribution in [1.82, 2.24) is 9.97 Å². The minimum absolute atomic E-state index is 0.0578. The molecular weight excluding hydrogens is 392 g/mol. The maximum Gasteiger partial charge on any atom is 0.328 e. The number of ether oxygens (including phenoxy) is 5. The number of benzene rings is 1. The van der Waals surface area contributed by atoms with Crippen LogP contribution in [0.1, 0.15) is 36.7 Å². The molecule has 1 aromatic carbocycles. The van der Waals surface area contributed by atoms with Gasteiger partial charge in [-0.2, -0.15) is 9.97 Å². The van der Waals surface area contributed by atoms with Gasteiger partial charge in [-0.05, 0) is 13.0 Å². The molecule has 1 N–H and O–H groups in total. The number of aliphatic hydroxyl groups is 1. The molecule has 30 heavy (non-hydrogen) atoms. The third-order valence-corrected chi connectivity index (χ3v) is 4.87. The van der Waals surface area contributed by atoms with Crippen LogP contribution < -0.4 is 14.2 Å². The lowest BCUT2D eigenvalue weighted by Gasteiger charge is -2.29. The summed E-state index contributed by atoms with van der Waals surface area (Å²) in [6.07, 6.45) is 0. The SMILES string of the molecule is COc1cc(OC)nc(Oc2cccc(C3(C)OCCO3)c2C(=O)C(C)(C)CO)n1. The first kappa shape index (κ1) is 21.9. The largest absolute Gasteiger partial charge is 0.481 e. The van der Waals surface area contributed by atoms with Crippen LogP contribution in [0.5, 0.6) is 23.5 Å². The Morgan fingerprint density at radius 2 is 1.77 bits per heavy atom. The predicted molar refractivity (Wildman–Crippen MR) is 106 cm³/mol. The molecule has 0 unspecified atom stereocenters. The molecule has 0 amide bonds. The van der Waals surface area contributed by atoms with Gasteiger partial charge in [0.25, 0.3) is 0 Å². The van der Waals surface area contributed by atoms with Crippen molar-refractivity contribution in [1.29, 1.82) is 0 Å². The summed E-state index contributed by atoms with van der Waals surface area (Å²) in [5.74, 6) is -0.763. The smallest absolute Gasteiger partial charge is 0.328 e. The Labute approximate surface area is 174 Å². The molecule has 2 heterocycles. The fraction of sp³-hybridized carbons (Fsp3) is 0.476. The molecule has 0 bridgehead atoms. The maximum absolute atomic E-state index is 13.4. The van der Waals surface area contributed by atoms with Gasteiger partial charge in [0.15, 0.2) is 11.6 Å². The molecule has 0 radical (unpaired) electrons. The molecule has 3 rings (SSSR count). The molecule has 1 aliphatic heterocycles. The zero-order valence-corrected chi connectivity index (χ0v) is 17.7. The van der Waals surface area contributed by atoms with E-state index in [1.54, 1.807) is 39.0 Å². The number of aliphatic hydroxyl groups excluding tert-OH is 1. The summed E-state index contributed by atoms with van der Waals surface area (Å²) in [6, 6.07) is 6.54. The van der Waals surface area contributed by atoms with E-state index in [-0.39, 0.29) is 41.5 Å². The van der Waals surface area contributed by atoms with E-state index in [4.69, 9.17) is 23.7 Å². The molecular formula is C21H26N2O7. The Balaban J connectivity index is 2.14. The van der Waals surface area contributed by atoms with Crippen molar-refractivity contribution in [3.63, 3.8) is 0 Å². The molecule has 9 heteroatoms. The van der Waals surface area contributed by atoms with Crippen molar-refractivity contribution in [3.05, 3.63) is 35.4 Å². The minimum Gasteiger partial charge on any atom is -0.481 e. The van der Waals surface area contributed by atoms with E-state index in [0.29, 0.717) is 18.8 Å². The van der Waals surface area contributed by atoms with Crippen LogP contribution in [0.3, 0.4) is 0 Å². The second kappa shape index (κ2) is 8.55. The van der Waals surface area contributed by atoms with E-state index in [1.165, 1.54) is 20.3 Å². The highest BCUT2D eigenvalue weighted by molar-refractivity contribution is 6.04. The third-order valence-electron chi connectivity index (χ3n) is 4.87. The predicted octanol–water partition coefficient (Wildman–Crippen LogP) is 2.71. The average molecular weight is 418 g/mol. The lowest BCUT2D eigenvalue weighted by molar-refractivity contribution is -0.150. The highest BCUT2D eigenvalue weighted by Crippen LogP contribution is 2.40. The summed E-state index contributed by atoms with van der Waals surface area (Å²) in [5, 5.41) is 9.78. The van der Waals surface area contributed by atoms with Gasteiger partial charge in [-0.15, -0.1) is 0 Å². The van der Waals surface area contributed by atoms with Crippen molar-refractivity contribution in [2.75, 3.05) is 34.0 Å². The van der Waals surface area contributed by atoms with Crippen molar-refractivity contribution >= 4 is 5.78 Å². The lowest BCUT2D eigenvalue weighted by Crippen LogP contribution is -2.33. The summed E-state index contributed by atoms with van der Waals surface area (Å²) in [6.45, 7) is 5.50. The Hall–Kier alpha value is -2.75. The van der Waals surface area contributed by atoms with Gasteiger partial charge in [-0.25, -0.2) is 0 Å². The van der Waals surface area contributed by atoms with Crippen LogP contribution in [0.4, 0.5) is 0 Å². The van der Waals surface area contributed by atoms with Crippen LogP contribution in [0.2, 0.25) is 0 Å². The number of Topliss-reactive ketones (excluding diaryl/α,β-unsaturated/α-hetero) is 1. The number of aromatic nitrogens is 2. The van der Waals surface area contributed by atoms with Gasteiger partial charge >= 0.3 is 6.01 Å². The van der Waals surface area contributed by atoms with E-state index in [2.05, 4.69) is 9.97 Å². The summed E-state index contributed by atoms with van der Waals surface area (Å²) in [7, 11) is 2.92. The van der Waals surface area contributed by atoms with Crippen molar-refractivity contribution in [2.45, 2.75) is 26.6 Å². The molecule has 0 spiro atoms. The molecule has 1 fully saturated rings. The number of nitrogens with zero attached hydrogens (tertiary/aromatic N) is 2. The Morgan fingerprint density at radius 3 is 2.30 bits per heavy atom. The number of methoxy groups -OCH3 is 2. The summed E-state index contributed by atoms with van der Waals surface area (Å²) in [5.41, 5.74) is -0.332. The van der Waals surface area contributed by atoms with Gasteiger partial charge in [0.2, 0.25) is 11.8 Å². The van der Waals surface area contributed by atoms with Gasteiger partial charge in [0.1, 0.15) is 5.75 Å². The Morgan fingerprint density at radius 1 is 1.17 bits per heavy atom. The second-order valence-electron chi connectivity index (χ2n) is 7.53. The molecule has 1 saturated heterocycles. The molecule has 0 aliphatic carbocycles. The number of rotatable bonds is 8. The van der Waals surface area contributed by atoms with Crippen LogP contribution in [0, 0.1) is 5.41 Å². The number of carbonyl (C=O) groups is 1. The fourth-order valence-corrected chi connectivity index (χ4v) is 3.05. The van der Waals surface area contributed by atoms with E-state index in [1.807, 2.05) is 0 Å². The van der Waals surface area contributed by atoms with Crippen LogP contribution in [0.15, 0.2) is 24.3 Å². The summed E-state index contributed by atoms with van der Waals surface area (Å²) >= 11 is 0. The van der Waals surface area contributed by atoms with Crippen molar-refractivity contribution < 1.29 is 33.6 Å². The van der Waals surface area contributed by atoms with Gasteiger partial charge in [0.05, 0.1) is 51.1 Å². The minimum atomic E-state index is -1.12. The molecule has 1 aliphatic rings. The highest BCUT2D eigenvalue weighted by Gasteiger charge is 2.41. The average Bonchev–Trinajstić information content (AvgIpc) is 3.20. The monoisotopic (exact) mass is 418 g/mol. The fourth-order valence-electron chi connectivity index (χ4n) is 3.05. The quantitative estimate of drug-likeness (QED) is 0.647. The molecule has 0 saturated carbocycles. The van der Waals surface area contributed by atoms with Gasteiger partial charge in [-0.1, -0.05) is 26.0 Å². The zero-order chi connectivity index (χ0) is 21.9. The first-order valence-electron chi connectivity index (χ1n) is 9.46. The van der Waals surface area contributed by atoms with Crippen LogP contribution in [-0.2, 0) is 15.3 Å².